The average molecular weight is 543 g/mol. The topological polar surface area (TPSA) is 126 Å². The maximum Gasteiger partial charge on any atom is 0.246 e. The summed E-state index contributed by atoms with van der Waals surface area (Å²) in [4.78, 5) is 37.6. The number of carbonyl (C=O) groups excluding carboxylic acids is 2. The second-order valence-corrected chi connectivity index (χ2v) is 10.2. The SMILES string of the molecule is CNc1nc(Nc2cccc(C#N)c2)ncc1C#C[C@@H]1CCC[C@H](NC(=O)[C@H](C)N(C)C(=O)C=CCN(C)C)C1. The molecule has 0 bridgehead atoms. The van der Waals surface area contributed by atoms with Crippen molar-refractivity contribution in [3.05, 3.63) is 53.7 Å². The van der Waals surface area contributed by atoms with Crippen molar-refractivity contribution in [1.82, 2.24) is 25.1 Å². The van der Waals surface area contributed by atoms with Crippen LogP contribution >= 0.6 is 0 Å². The van der Waals surface area contributed by atoms with E-state index in [0.29, 0.717) is 29.4 Å². The molecule has 0 saturated heterocycles. The molecule has 1 heterocycles. The van der Waals surface area contributed by atoms with E-state index in [2.05, 4.69) is 43.8 Å². The number of rotatable bonds is 9. The van der Waals surface area contributed by atoms with Crippen molar-refractivity contribution in [3.8, 4) is 17.9 Å². The van der Waals surface area contributed by atoms with Crippen LogP contribution in [-0.4, -0.2) is 78.4 Å². The van der Waals surface area contributed by atoms with Crippen molar-refractivity contribution in [2.75, 3.05) is 45.4 Å². The first kappa shape index (κ1) is 30.1. The number of carbonyl (C=O) groups is 2. The molecule has 1 fully saturated rings. The van der Waals surface area contributed by atoms with Crippen LogP contribution in [0.2, 0.25) is 0 Å². The molecular formula is C30H38N8O2. The number of anilines is 3. The Kier molecular flexibility index (Phi) is 11.0. The lowest BCUT2D eigenvalue weighted by Crippen LogP contribution is -2.49. The molecule has 0 aliphatic heterocycles. The third kappa shape index (κ3) is 8.82. The third-order valence-electron chi connectivity index (χ3n) is 6.74. The molecular weight excluding hydrogens is 504 g/mol. The first-order valence-corrected chi connectivity index (χ1v) is 13.4. The molecule has 10 nitrogen and oxygen atoms in total. The smallest absolute Gasteiger partial charge is 0.246 e. The summed E-state index contributed by atoms with van der Waals surface area (Å²) in [6, 6.07) is 8.65. The van der Waals surface area contributed by atoms with Crippen LogP contribution in [-0.2, 0) is 9.59 Å². The molecule has 3 atom stereocenters. The van der Waals surface area contributed by atoms with Gasteiger partial charge in [0.2, 0.25) is 17.8 Å². The predicted octanol–water partition coefficient (Wildman–Crippen LogP) is 3.12. The Morgan fingerprint density at radius 3 is 2.77 bits per heavy atom. The Morgan fingerprint density at radius 1 is 1.25 bits per heavy atom. The van der Waals surface area contributed by atoms with E-state index in [4.69, 9.17) is 5.26 Å². The van der Waals surface area contributed by atoms with Gasteiger partial charge in [-0.05, 0) is 58.5 Å². The van der Waals surface area contributed by atoms with Gasteiger partial charge < -0.3 is 25.8 Å². The van der Waals surface area contributed by atoms with Crippen LogP contribution in [0, 0.1) is 29.1 Å². The number of hydrogen-bond donors (Lipinski definition) is 3. The van der Waals surface area contributed by atoms with Gasteiger partial charge in [-0.25, -0.2) is 4.98 Å². The molecule has 210 valence electrons. The lowest BCUT2D eigenvalue weighted by Gasteiger charge is -2.30. The van der Waals surface area contributed by atoms with Gasteiger partial charge in [0, 0.05) is 44.4 Å². The molecule has 2 aromatic rings. The standard InChI is InChI=1S/C30H38N8O2/c1-21(38(5)27(39)13-8-16-37(3)4)29(40)34-25-11-6-9-22(17-25)14-15-24-20-33-30(36-28(24)32-2)35-26-12-7-10-23(18-26)19-31/h7-8,10,12-13,18,20-22,25H,6,9,11,16-17H2,1-5H3,(H,34,40)(H2,32,33,35,36)/t21-,22-,25-/m0/s1. The van der Waals surface area contributed by atoms with Gasteiger partial charge in [-0.1, -0.05) is 30.4 Å². The summed E-state index contributed by atoms with van der Waals surface area (Å²) in [6.07, 6.45) is 8.51. The van der Waals surface area contributed by atoms with Gasteiger partial charge in [-0.2, -0.15) is 10.2 Å². The molecule has 0 spiro atoms. The quantitative estimate of drug-likeness (QED) is 0.326. The molecule has 1 aliphatic carbocycles. The predicted molar refractivity (Wildman–Crippen MR) is 157 cm³/mol. The van der Waals surface area contributed by atoms with Gasteiger partial charge in [0.25, 0.3) is 0 Å². The van der Waals surface area contributed by atoms with E-state index < -0.39 is 6.04 Å². The van der Waals surface area contributed by atoms with Crippen LogP contribution < -0.4 is 16.0 Å². The highest BCUT2D eigenvalue weighted by atomic mass is 16.2. The zero-order valence-electron chi connectivity index (χ0n) is 23.9. The first-order chi connectivity index (χ1) is 19.2. The van der Waals surface area contributed by atoms with Gasteiger partial charge in [-0.15, -0.1) is 0 Å². The summed E-state index contributed by atoms with van der Waals surface area (Å²) in [6.45, 7) is 2.40. The molecule has 40 heavy (non-hydrogen) atoms. The summed E-state index contributed by atoms with van der Waals surface area (Å²) in [5.41, 5.74) is 1.95. The largest absolute Gasteiger partial charge is 0.372 e. The molecule has 2 amide bonds. The highest BCUT2D eigenvalue weighted by Gasteiger charge is 2.26. The highest BCUT2D eigenvalue weighted by Crippen LogP contribution is 2.25. The number of benzene rings is 1. The van der Waals surface area contributed by atoms with Crippen LogP contribution in [0.25, 0.3) is 0 Å². The maximum absolute atomic E-state index is 12.9. The summed E-state index contributed by atoms with van der Waals surface area (Å²) < 4.78 is 0. The van der Waals surface area contributed by atoms with Crippen LogP contribution in [0.15, 0.2) is 42.6 Å². The third-order valence-corrected chi connectivity index (χ3v) is 6.74. The average Bonchev–Trinajstić information content (AvgIpc) is 2.95. The number of aromatic nitrogens is 2. The van der Waals surface area contributed by atoms with E-state index in [0.717, 1.165) is 31.4 Å². The van der Waals surface area contributed by atoms with Gasteiger partial charge in [0.05, 0.1) is 23.4 Å². The minimum absolute atomic E-state index is 0.00607. The van der Waals surface area contributed by atoms with Crippen molar-refractivity contribution >= 4 is 29.3 Å². The highest BCUT2D eigenvalue weighted by molar-refractivity contribution is 5.92. The zero-order chi connectivity index (χ0) is 29.1. The van der Waals surface area contributed by atoms with Crippen molar-refractivity contribution in [1.29, 1.82) is 5.26 Å². The number of amides is 2. The van der Waals surface area contributed by atoms with Gasteiger partial charge in [-0.3, -0.25) is 9.59 Å². The summed E-state index contributed by atoms with van der Waals surface area (Å²) in [7, 11) is 7.28. The number of hydrogen-bond acceptors (Lipinski definition) is 8. The summed E-state index contributed by atoms with van der Waals surface area (Å²) in [5, 5.41) is 18.4. The Hall–Kier alpha value is -4.41. The second kappa shape index (κ2) is 14.7. The normalized spacial score (nSPS) is 17.3. The monoisotopic (exact) mass is 542 g/mol. The lowest BCUT2D eigenvalue weighted by molar-refractivity contribution is -0.135. The number of nitrogens with zero attached hydrogens (tertiary/aromatic N) is 5. The molecule has 1 aromatic heterocycles. The Morgan fingerprint density at radius 2 is 2.05 bits per heavy atom. The summed E-state index contributed by atoms with van der Waals surface area (Å²) >= 11 is 0. The van der Waals surface area contributed by atoms with E-state index >= 15 is 0 Å². The van der Waals surface area contributed by atoms with Gasteiger partial charge in [0.1, 0.15) is 11.9 Å². The minimum atomic E-state index is -0.576. The second-order valence-electron chi connectivity index (χ2n) is 10.2. The van der Waals surface area contributed by atoms with E-state index in [1.165, 1.54) is 11.0 Å². The zero-order valence-corrected chi connectivity index (χ0v) is 23.9. The fourth-order valence-electron chi connectivity index (χ4n) is 4.32. The first-order valence-electron chi connectivity index (χ1n) is 13.4. The molecule has 1 aliphatic rings. The number of nitriles is 1. The molecule has 0 radical (unpaired) electrons. The van der Waals surface area contributed by atoms with Crippen LogP contribution in [0.5, 0.6) is 0 Å². The minimum Gasteiger partial charge on any atom is -0.372 e. The van der Waals surface area contributed by atoms with E-state index in [1.807, 2.05) is 25.1 Å². The molecule has 0 unspecified atom stereocenters. The molecule has 3 rings (SSSR count). The summed E-state index contributed by atoms with van der Waals surface area (Å²) in [5.74, 6) is 7.33. The van der Waals surface area contributed by atoms with Crippen molar-refractivity contribution < 1.29 is 9.59 Å². The number of nitrogens with one attached hydrogen (secondary N) is 3. The molecule has 3 N–H and O–H groups in total. The fourth-order valence-corrected chi connectivity index (χ4v) is 4.32. The fraction of sp³-hybridized carbons (Fsp3) is 0.433. The Balaban J connectivity index is 1.59. The molecule has 1 saturated carbocycles. The molecule has 10 heteroatoms. The van der Waals surface area contributed by atoms with Crippen molar-refractivity contribution in [2.45, 2.75) is 44.7 Å². The van der Waals surface area contributed by atoms with E-state index in [1.54, 1.807) is 51.5 Å². The Bertz CT molecular complexity index is 1320. The van der Waals surface area contributed by atoms with Crippen LogP contribution in [0.4, 0.5) is 17.5 Å². The van der Waals surface area contributed by atoms with Gasteiger partial charge in [0.15, 0.2) is 0 Å². The number of likely N-dealkylation sites (N-methyl/N-ethyl adjacent to an activating group) is 2. The maximum atomic E-state index is 12.9. The molecule has 1 aromatic carbocycles. The van der Waals surface area contributed by atoms with Crippen LogP contribution in [0.1, 0.15) is 43.7 Å². The van der Waals surface area contributed by atoms with Crippen LogP contribution in [0.3, 0.4) is 0 Å². The van der Waals surface area contributed by atoms with Crippen molar-refractivity contribution in [3.63, 3.8) is 0 Å². The van der Waals surface area contributed by atoms with Gasteiger partial charge >= 0.3 is 0 Å². The van der Waals surface area contributed by atoms with E-state index in [-0.39, 0.29) is 23.8 Å². The lowest BCUT2D eigenvalue weighted by atomic mass is 9.86. The Labute approximate surface area is 236 Å². The van der Waals surface area contributed by atoms with Crippen molar-refractivity contribution in [2.24, 2.45) is 5.92 Å². The van der Waals surface area contributed by atoms with E-state index in [9.17, 15) is 9.59 Å².